The van der Waals surface area contributed by atoms with Crippen LogP contribution in [0.3, 0.4) is 0 Å². The van der Waals surface area contributed by atoms with Gasteiger partial charge in [-0.1, -0.05) is 0 Å². The summed E-state index contributed by atoms with van der Waals surface area (Å²) in [7, 11) is 0. The van der Waals surface area contributed by atoms with Gasteiger partial charge in [-0.3, -0.25) is 4.90 Å². The fourth-order valence-corrected chi connectivity index (χ4v) is 2.14. The first kappa shape index (κ1) is 10.7. The van der Waals surface area contributed by atoms with Gasteiger partial charge >= 0.3 is 0 Å². The van der Waals surface area contributed by atoms with Gasteiger partial charge in [-0.2, -0.15) is 0 Å². The summed E-state index contributed by atoms with van der Waals surface area (Å²) in [5, 5.41) is 9.67. The van der Waals surface area contributed by atoms with E-state index in [1.807, 2.05) is 12.1 Å². The molecule has 84 valence electrons. The number of aliphatic hydroxyl groups excluding tert-OH is 1. The van der Waals surface area contributed by atoms with Crippen LogP contribution in [-0.4, -0.2) is 28.2 Å². The predicted octanol–water partition coefficient (Wildman–Crippen LogP) is 2.01. The van der Waals surface area contributed by atoms with Crippen LogP contribution in [-0.2, 0) is 6.54 Å². The topological polar surface area (TPSA) is 36.6 Å². The van der Waals surface area contributed by atoms with Gasteiger partial charge in [0.2, 0.25) is 0 Å². The van der Waals surface area contributed by atoms with E-state index in [4.69, 9.17) is 4.42 Å². The Hall–Kier alpha value is -0.800. The van der Waals surface area contributed by atoms with Crippen molar-refractivity contribution in [3.63, 3.8) is 0 Å². The molecule has 1 fully saturated rings. The van der Waals surface area contributed by atoms with E-state index in [1.165, 1.54) is 0 Å². The van der Waals surface area contributed by atoms with E-state index in [2.05, 4.69) is 18.7 Å². The summed E-state index contributed by atoms with van der Waals surface area (Å²) in [5.41, 5.74) is 0.159. The van der Waals surface area contributed by atoms with Crippen molar-refractivity contribution in [1.29, 1.82) is 0 Å². The minimum Gasteiger partial charge on any atom is -0.468 e. The van der Waals surface area contributed by atoms with Crippen molar-refractivity contribution in [2.45, 2.75) is 44.9 Å². The Morgan fingerprint density at radius 3 is 3.07 bits per heavy atom. The van der Waals surface area contributed by atoms with Gasteiger partial charge in [-0.25, -0.2) is 0 Å². The van der Waals surface area contributed by atoms with Crippen LogP contribution >= 0.6 is 0 Å². The van der Waals surface area contributed by atoms with Crippen molar-refractivity contribution in [3.05, 3.63) is 24.2 Å². The third-order valence-electron chi connectivity index (χ3n) is 3.30. The molecule has 1 saturated heterocycles. The molecule has 2 rings (SSSR count). The summed E-state index contributed by atoms with van der Waals surface area (Å²) in [6.07, 6.45) is 3.45. The number of piperidine rings is 1. The first-order chi connectivity index (χ1) is 7.08. The molecule has 15 heavy (non-hydrogen) atoms. The van der Waals surface area contributed by atoms with Crippen LogP contribution in [0.2, 0.25) is 0 Å². The Morgan fingerprint density at radius 1 is 1.60 bits per heavy atom. The zero-order valence-corrected chi connectivity index (χ0v) is 9.44. The first-order valence-electron chi connectivity index (χ1n) is 5.53. The molecule has 0 amide bonds. The molecular weight excluding hydrogens is 190 g/mol. The number of rotatable bonds is 2. The first-order valence-corrected chi connectivity index (χ1v) is 5.53. The van der Waals surface area contributed by atoms with Gasteiger partial charge in [0.25, 0.3) is 0 Å². The molecule has 1 atom stereocenters. The Labute approximate surface area is 90.7 Å². The molecule has 0 radical (unpaired) electrons. The van der Waals surface area contributed by atoms with E-state index in [9.17, 15) is 5.11 Å². The van der Waals surface area contributed by atoms with Crippen LogP contribution in [0.1, 0.15) is 32.4 Å². The lowest BCUT2D eigenvalue weighted by Crippen LogP contribution is -2.51. The zero-order valence-electron chi connectivity index (χ0n) is 9.44. The lowest BCUT2D eigenvalue weighted by molar-refractivity contribution is -0.0130. The number of β-amino-alcohol motifs (C(OH)–C–C–N with tert-alkyl or cyclic N) is 1. The van der Waals surface area contributed by atoms with Crippen LogP contribution in [0.15, 0.2) is 22.8 Å². The molecule has 0 bridgehead atoms. The molecule has 3 nitrogen and oxygen atoms in total. The van der Waals surface area contributed by atoms with Gasteiger partial charge in [-0.15, -0.1) is 0 Å². The fraction of sp³-hybridized carbons (Fsp3) is 0.667. The van der Waals surface area contributed by atoms with Crippen molar-refractivity contribution in [2.24, 2.45) is 0 Å². The Balaban J connectivity index is 2.05. The number of nitrogens with zero attached hydrogens (tertiary/aromatic N) is 1. The molecule has 0 saturated carbocycles. The van der Waals surface area contributed by atoms with E-state index >= 15 is 0 Å². The molecule has 0 aromatic carbocycles. The standard InChI is InChI=1S/C12H19NO2/c1-12(2)6-5-10(14)8-13(12)9-11-4-3-7-15-11/h3-4,7,10,14H,5-6,8-9H2,1-2H3. The number of furan rings is 1. The van der Waals surface area contributed by atoms with Crippen LogP contribution in [0.25, 0.3) is 0 Å². The van der Waals surface area contributed by atoms with Crippen LogP contribution in [0.4, 0.5) is 0 Å². The maximum atomic E-state index is 9.67. The third kappa shape index (κ3) is 2.41. The summed E-state index contributed by atoms with van der Waals surface area (Å²) >= 11 is 0. The highest BCUT2D eigenvalue weighted by molar-refractivity contribution is 5.00. The molecule has 0 spiro atoms. The monoisotopic (exact) mass is 209 g/mol. The van der Waals surface area contributed by atoms with E-state index < -0.39 is 0 Å². The second-order valence-corrected chi connectivity index (χ2v) is 4.96. The molecule has 2 heterocycles. The lowest BCUT2D eigenvalue weighted by Gasteiger charge is -2.43. The van der Waals surface area contributed by atoms with Crippen molar-refractivity contribution in [2.75, 3.05) is 6.54 Å². The summed E-state index contributed by atoms with van der Waals surface area (Å²) < 4.78 is 5.34. The maximum Gasteiger partial charge on any atom is 0.117 e. The number of aliphatic hydroxyl groups is 1. The van der Waals surface area contributed by atoms with Crippen LogP contribution < -0.4 is 0 Å². The van der Waals surface area contributed by atoms with E-state index in [0.29, 0.717) is 0 Å². The van der Waals surface area contributed by atoms with Crippen molar-refractivity contribution in [3.8, 4) is 0 Å². The molecule has 0 aliphatic carbocycles. The Kier molecular flexibility index (Phi) is 2.85. The Bertz CT molecular complexity index is 305. The van der Waals surface area contributed by atoms with Gasteiger partial charge in [0, 0.05) is 12.1 Å². The maximum absolute atomic E-state index is 9.67. The minimum absolute atomic E-state index is 0.159. The average Bonchev–Trinajstić information content (AvgIpc) is 2.65. The predicted molar refractivity (Wildman–Crippen MR) is 58.4 cm³/mol. The molecule has 1 unspecified atom stereocenters. The quantitative estimate of drug-likeness (QED) is 0.809. The third-order valence-corrected chi connectivity index (χ3v) is 3.30. The normalized spacial score (nSPS) is 26.7. The van der Waals surface area contributed by atoms with Crippen LogP contribution in [0.5, 0.6) is 0 Å². The molecular formula is C12H19NO2. The summed E-state index contributed by atoms with van der Waals surface area (Å²) in [6, 6.07) is 3.89. The number of hydrogen-bond acceptors (Lipinski definition) is 3. The number of likely N-dealkylation sites (tertiary alicyclic amines) is 1. The van der Waals surface area contributed by atoms with Gasteiger partial charge in [0.1, 0.15) is 5.76 Å². The van der Waals surface area contributed by atoms with Gasteiger partial charge < -0.3 is 9.52 Å². The SMILES string of the molecule is CC1(C)CCC(O)CN1Cc1ccco1. The fourth-order valence-electron chi connectivity index (χ4n) is 2.14. The molecule has 3 heteroatoms. The summed E-state index contributed by atoms with van der Waals surface area (Å²) in [6.45, 7) is 5.98. The van der Waals surface area contributed by atoms with E-state index in [1.54, 1.807) is 6.26 Å². The van der Waals surface area contributed by atoms with E-state index in [-0.39, 0.29) is 11.6 Å². The second-order valence-electron chi connectivity index (χ2n) is 4.96. The summed E-state index contributed by atoms with van der Waals surface area (Å²) in [4.78, 5) is 2.29. The molecule has 1 N–H and O–H groups in total. The van der Waals surface area contributed by atoms with Crippen molar-refractivity contribution >= 4 is 0 Å². The van der Waals surface area contributed by atoms with Crippen LogP contribution in [0, 0.1) is 0 Å². The second kappa shape index (κ2) is 3.99. The molecule has 1 aromatic rings. The highest BCUT2D eigenvalue weighted by Gasteiger charge is 2.33. The lowest BCUT2D eigenvalue weighted by atomic mass is 9.89. The zero-order chi connectivity index (χ0) is 10.9. The van der Waals surface area contributed by atoms with E-state index in [0.717, 1.165) is 31.7 Å². The average molecular weight is 209 g/mol. The van der Waals surface area contributed by atoms with Gasteiger partial charge in [-0.05, 0) is 38.8 Å². The smallest absolute Gasteiger partial charge is 0.117 e. The highest BCUT2D eigenvalue weighted by Crippen LogP contribution is 2.28. The highest BCUT2D eigenvalue weighted by atomic mass is 16.3. The molecule has 1 aliphatic heterocycles. The summed E-state index contributed by atoms with van der Waals surface area (Å²) in [5.74, 6) is 0.970. The molecule has 1 aliphatic rings. The number of hydrogen-bond donors (Lipinski definition) is 1. The van der Waals surface area contributed by atoms with Gasteiger partial charge in [0.05, 0.1) is 18.9 Å². The largest absolute Gasteiger partial charge is 0.468 e. The Morgan fingerprint density at radius 2 is 2.40 bits per heavy atom. The molecule has 1 aromatic heterocycles. The van der Waals surface area contributed by atoms with Crippen molar-refractivity contribution < 1.29 is 9.52 Å². The van der Waals surface area contributed by atoms with Gasteiger partial charge in [0.15, 0.2) is 0 Å². The van der Waals surface area contributed by atoms with Crippen molar-refractivity contribution in [1.82, 2.24) is 4.90 Å². The minimum atomic E-state index is -0.187.